The summed E-state index contributed by atoms with van der Waals surface area (Å²) in [6.07, 6.45) is 3.40. The van der Waals surface area contributed by atoms with Gasteiger partial charge in [0.05, 0.1) is 0 Å². The molecule has 1 aromatic carbocycles. The molecule has 3 rings (SSSR count). The topological polar surface area (TPSA) is 60.7 Å². The summed E-state index contributed by atoms with van der Waals surface area (Å²) >= 11 is 1.10. The SMILES string of the molecule is C[C@H](CCc1ccccc1)n1cnc2nnsc2c1=O. The van der Waals surface area contributed by atoms with Crippen LogP contribution < -0.4 is 5.56 Å². The van der Waals surface area contributed by atoms with Crippen LogP contribution in [0, 0.1) is 0 Å². The molecule has 102 valence electrons. The molecule has 2 heterocycles. The van der Waals surface area contributed by atoms with Crippen LogP contribution in [-0.2, 0) is 6.42 Å². The van der Waals surface area contributed by atoms with Gasteiger partial charge in [0.25, 0.3) is 5.56 Å². The molecule has 20 heavy (non-hydrogen) atoms. The third-order valence-electron chi connectivity index (χ3n) is 3.37. The van der Waals surface area contributed by atoms with E-state index in [0.29, 0.717) is 10.3 Å². The van der Waals surface area contributed by atoms with Crippen LogP contribution >= 0.6 is 11.5 Å². The van der Waals surface area contributed by atoms with Crippen molar-refractivity contribution < 1.29 is 0 Å². The van der Waals surface area contributed by atoms with Crippen LogP contribution in [0.4, 0.5) is 0 Å². The van der Waals surface area contributed by atoms with E-state index in [4.69, 9.17) is 0 Å². The highest BCUT2D eigenvalue weighted by Crippen LogP contribution is 2.14. The van der Waals surface area contributed by atoms with Gasteiger partial charge < -0.3 is 0 Å². The first-order valence-electron chi connectivity index (χ1n) is 6.49. The van der Waals surface area contributed by atoms with E-state index in [1.54, 1.807) is 10.9 Å². The van der Waals surface area contributed by atoms with E-state index < -0.39 is 0 Å². The average molecular weight is 286 g/mol. The molecule has 0 spiro atoms. The molecule has 0 unspecified atom stereocenters. The first-order chi connectivity index (χ1) is 9.75. The van der Waals surface area contributed by atoms with Crippen molar-refractivity contribution in [1.82, 2.24) is 19.1 Å². The van der Waals surface area contributed by atoms with Gasteiger partial charge in [0, 0.05) is 6.04 Å². The Morgan fingerprint density at radius 2 is 2.10 bits per heavy atom. The standard InChI is InChI=1S/C14H14N4OS/c1-10(7-8-11-5-3-2-4-6-11)18-9-15-13-12(14(18)19)20-17-16-13/h2-6,9-10H,7-8H2,1H3/t10-/m1/s1. The Morgan fingerprint density at radius 1 is 1.30 bits per heavy atom. The Kier molecular flexibility index (Phi) is 3.56. The molecule has 0 fully saturated rings. The summed E-state index contributed by atoms with van der Waals surface area (Å²) in [5.74, 6) is 0. The van der Waals surface area contributed by atoms with Gasteiger partial charge in [-0.15, -0.1) is 5.10 Å². The van der Waals surface area contributed by atoms with Crippen LogP contribution in [0.3, 0.4) is 0 Å². The van der Waals surface area contributed by atoms with Crippen molar-refractivity contribution in [3.05, 3.63) is 52.6 Å². The minimum atomic E-state index is -0.0504. The molecule has 3 aromatic rings. The smallest absolute Gasteiger partial charge is 0.274 e. The maximum Gasteiger partial charge on any atom is 0.274 e. The van der Waals surface area contributed by atoms with Gasteiger partial charge in [0.2, 0.25) is 5.65 Å². The molecule has 0 saturated carbocycles. The second-order valence-electron chi connectivity index (χ2n) is 4.76. The molecule has 2 aromatic heterocycles. The van der Waals surface area contributed by atoms with Gasteiger partial charge in [-0.1, -0.05) is 34.8 Å². The van der Waals surface area contributed by atoms with E-state index in [9.17, 15) is 4.79 Å². The molecule has 0 radical (unpaired) electrons. The summed E-state index contributed by atoms with van der Waals surface area (Å²) in [4.78, 5) is 16.5. The summed E-state index contributed by atoms with van der Waals surface area (Å²) in [6.45, 7) is 2.03. The highest BCUT2D eigenvalue weighted by Gasteiger charge is 2.12. The predicted octanol–water partition coefficient (Wildman–Crippen LogP) is 2.44. The zero-order valence-electron chi connectivity index (χ0n) is 11.1. The van der Waals surface area contributed by atoms with Gasteiger partial charge in [0.15, 0.2) is 4.70 Å². The highest BCUT2D eigenvalue weighted by atomic mass is 32.1. The van der Waals surface area contributed by atoms with E-state index in [2.05, 4.69) is 26.7 Å². The van der Waals surface area contributed by atoms with Crippen molar-refractivity contribution in [3.63, 3.8) is 0 Å². The van der Waals surface area contributed by atoms with E-state index in [1.807, 2.05) is 25.1 Å². The number of benzene rings is 1. The van der Waals surface area contributed by atoms with Crippen molar-refractivity contribution in [1.29, 1.82) is 0 Å². The van der Waals surface area contributed by atoms with Gasteiger partial charge in [-0.2, -0.15) is 0 Å². The number of fused-ring (bicyclic) bond motifs is 1. The molecular formula is C14H14N4OS. The predicted molar refractivity (Wildman–Crippen MR) is 78.9 cm³/mol. The normalized spacial score (nSPS) is 12.7. The quantitative estimate of drug-likeness (QED) is 0.739. The molecule has 0 bridgehead atoms. The number of hydrogen-bond acceptors (Lipinski definition) is 5. The Balaban J connectivity index is 1.80. The van der Waals surface area contributed by atoms with Crippen molar-refractivity contribution in [2.75, 3.05) is 0 Å². The lowest BCUT2D eigenvalue weighted by atomic mass is 10.1. The molecular weight excluding hydrogens is 272 g/mol. The molecule has 0 aliphatic carbocycles. The van der Waals surface area contributed by atoms with E-state index >= 15 is 0 Å². The molecule has 0 amide bonds. The van der Waals surface area contributed by atoms with Gasteiger partial charge in [-0.05, 0) is 36.9 Å². The fraction of sp³-hybridized carbons (Fsp3) is 0.286. The number of aromatic nitrogens is 4. The lowest BCUT2D eigenvalue weighted by Gasteiger charge is -2.14. The maximum atomic E-state index is 12.3. The van der Waals surface area contributed by atoms with Crippen LogP contribution in [0.15, 0.2) is 41.5 Å². The highest BCUT2D eigenvalue weighted by molar-refractivity contribution is 7.12. The van der Waals surface area contributed by atoms with Crippen molar-refractivity contribution in [2.24, 2.45) is 0 Å². The summed E-state index contributed by atoms with van der Waals surface area (Å²) in [5, 5.41) is 3.82. The van der Waals surface area contributed by atoms with E-state index in [-0.39, 0.29) is 11.6 Å². The van der Waals surface area contributed by atoms with Gasteiger partial charge >= 0.3 is 0 Å². The van der Waals surface area contributed by atoms with E-state index in [1.165, 1.54) is 5.56 Å². The third kappa shape index (κ3) is 2.46. The Hall–Kier alpha value is -2.08. The Labute approximate surface area is 120 Å². The van der Waals surface area contributed by atoms with Crippen molar-refractivity contribution in [2.45, 2.75) is 25.8 Å². The largest absolute Gasteiger partial charge is 0.295 e. The number of hydrogen-bond donors (Lipinski definition) is 0. The van der Waals surface area contributed by atoms with Crippen molar-refractivity contribution >= 4 is 21.9 Å². The Morgan fingerprint density at radius 3 is 2.90 bits per heavy atom. The number of nitrogens with zero attached hydrogens (tertiary/aromatic N) is 4. The first-order valence-corrected chi connectivity index (χ1v) is 7.26. The molecule has 0 saturated heterocycles. The zero-order chi connectivity index (χ0) is 13.9. The minimum Gasteiger partial charge on any atom is -0.295 e. The van der Waals surface area contributed by atoms with E-state index in [0.717, 1.165) is 24.4 Å². The summed E-state index contributed by atoms with van der Waals surface area (Å²) in [7, 11) is 0. The first kappa shape index (κ1) is 12.9. The second-order valence-corrected chi connectivity index (χ2v) is 5.51. The Bertz CT molecular complexity index is 765. The summed E-state index contributed by atoms with van der Waals surface area (Å²) in [6, 6.07) is 10.4. The molecule has 1 atom stereocenters. The lowest BCUT2D eigenvalue weighted by Crippen LogP contribution is -2.23. The van der Waals surface area contributed by atoms with Crippen LogP contribution in [-0.4, -0.2) is 19.1 Å². The fourth-order valence-corrected chi connectivity index (χ4v) is 2.72. The fourth-order valence-electron chi connectivity index (χ4n) is 2.17. The van der Waals surface area contributed by atoms with Gasteiger partial charge in [0.1, 0.15) is 6.33 Å². The summed E-state index contributed by atoms with van der Waals surface area (Å²) < 4.78 is 5.97. The van der Waals surface area contributed by atoms with Gasteiger partial charge in [-0.25, -0.2) is 4.98 Å². The average Bonchev–Trinajstić information content (AvgIpc) is 2.96. The maximum absolute atomic E-state index is 12.3. The molecule has 0 aliphatic heterocycles. The monoisotopic (exact) mass is 286 g/mol. The number of rotatable bonds is 4. The van der Waals surface area contributed by atoms with Crippen LogP contribution in [0.2, 0.25) is 0 Å². The van der Waals surface area contributed by atoms with Gasteiger partial charge in [-0.3, -0.25) is 9.36 Å². The van der Waals surface area contributed by atoms with Crippen LogP contribution in [0.5, 0.6) is 0 Å². The van der Waals surface area contributed by atoms with Crippen molar-refractivity contribution in [3.8, 4) is 0 Å². The molecule has 6 heteroatoms. The third-order valence-corrected chi connectivity index (χ3v) is 4.08. The molecule has 0 N–H and O–H groups in total. The summed E-state index contributed by atoms with van der Waals surface area (Å²) in [5.41, 5.74) is 1.66. The minimum absolute atomic E-state index is 0.0504. The number of aryl methyl sites for hydroxylation is 1. The molecule has 5 nitrogen and oxygen atoms in total. The second kappa shape index (κ2) is 5.50. The molecule has 0 aliphatic rings. The zero-order valence-corrected chi connectivity index (χ0v) is 11.9. The van der Waals surface area contributed by atoms with Crippen LogP contribution in [0.1, 0.15) is 24.9 Å². The van der Waals surface area contributed by atoms with Crippen LogP contribution in [0.25, 0.3) is 10.3 Å². The lowest BCUT2D eigenvalue weighted by molar-refractivity contribution is 0.489.